The molecule has 0 aromatic carbocycles. The second-order valence-electron chi connectivity index (χ2n) is 6.07. The van der Waals surface area contributed by atoms with Crippen molar-refractivity contribution in [3.63, 3.8) is 0 Å². The van der Waals surface area contributed by atoms with Crippen LogP contribution in [-0.4, -0.2) is 58.0 Å². The average Bonchev–Trinajstić information content (AvgIpc) is 2.99. The largest absolute Gasteiger partial charge is 0.348 e. The van der Waals surface area contributed by atoms with Crippen molar-refractivity contribution in [2.75, 3.05) is 32.1 Å². The van der Waals surface area contributed by atoms with Crippen molar-refractivity contribution in [3.8, 4) is 0 Å². The molecular weight excluding hydrogens is 286 g/mol. The second-order valence-corrected chi connectivity index (χ2v) is 7.38. The van der Waals surface area contributed by atoms with E-state index in [9.17, 15) is 4.79 Å². The Morgan fingerprint density at radius 2 is 1.95 bits per heavy atom. The summed E-state index contributed by atoms with van der Waals surface area (Å²) in [5.74, 6) is 1.12. The molecule has 2 heterocycles. The number of hydrogen-bond acceptors (Lipinski definition) is 5. The van der Waals surface area contributed by atoms with Gasteiger partial charge >= 0.3 is 0 Å². The van der Waals surface area contributed by atoms with Gasteiger partial charge in [0.15, 0.2) is 5.16 Å². The van der Waals surface area contributed by atoms with Gasteiger partial charge in [-0.05, 0) is 32.6 Å². The quantitative estimate of drug-likeness (QED) is 0.776. The minimum atomic E-state index is -0.131. The van der Waals surface area contributed by atoms with E-state index in [2.05, 4.69) is 19.7 Å². The lowest BCUT2D eigenvalue weighted by atomic mass is 10.4. The van der Waals surface area contributed by atoms with E-state index < -0.39 is 0 Å². The molecule has 6 nitrogen and oxygen atoms in total. The Bertz CT molecular complexity index is 519. The molecule has 1 aliphatic heterocycles. The van der Waals surface area contributed by atoms with E-state index in [-0.39, 0.29) is 11.2 Å². The second kappa shape index (κ2) is 5.87. The normalized spacial score (nSPS) is 19.9. The van der Waals surface area contributed by atoms with Crippen molar-refractivity contribution >= 4 is 23.6 Å². The summed E-state index contributed by atoms with van der Waals surface area (Å²) in [7, 11) is 3.58. The van der Waals surface area contributed by atoms with Crippen LogP contribution in [0.1, 0.15) is 38.6 Å². The van der Waals surface area contributed by atoms with Crippen LogP contribution >= 0.6 is 11.8 Å². The number of carbonyl (C=O) groups is 1. The van der Waals surface area contributed by atoms with E-state index in [4.69, 9.17) is 0 Å². The van der Waals surface area contributed by atoms with Gasteiger partial charge in [0, 0.05) is 33.2 Å². The third-order valence-electron chi connectivity index (χ3n) is 4.02. The van der Waals surface area contributed by atoms with Gasteiger partial charge < -0.3 is 9.80 Å². The van der Waals surface area contributed by atoms with Crippen LogP contribution in [-0.2, 0) is 4.79 Å². The first-order chi connectivity index (χ1) is 10.1. The van der Waals surface area contributed by atoms with E-state index in [0.717, 1.165) is 24.2 Å². The smallest absolute Gasteiger partial charge is 0.235 e. The van der Waals surface area contributed by atoms with Crippen molar-refractivity contribution in [2.24, 2.45) is 0 Å². The fraction of sp³-hybridized carbons (Fsp3) is 0.786. The number of anilines is 1. The maximum Gasteiger partial charge on any atom is 0.235 e. The van der Waals surface area contributed by atoms with Crippen molar-refractivity contribution in [3.05, 3.63) is 0 Å². The summed E-state index contributed by atoms with van der Waals surface area (Å²) >= 11 is 1.53. The molecular formula is C14H23N5OS. The molecule has 1 aromatic heterocycles. The molecule has 1 saturated heterocycles. The minimum absolute atomic E-state index is 0.119. The first-order valence-corrected chi connectivity index (χ1v) is 8.53. The molecule has 0 bridgehead atoms. The predicted octanol–water partition coefficient (Wildman–Crippen LogP) is 1.78. The van der Waals surface area contributed by atoms with Crippen molar-refractivity contribution in [2.45, 2.75) is 49.1 Å². The highest BCUT2D eigenvalue weighted by atomic mass is 32.2. The Balaban J connectivity index is 1.80. The molecule has 0 spiro atoms. The molecule has 116 valence electrons. The number of hydrogen-bond donors (Lipinski definition) is 0. The zero-order chi connectivity index (χ0) is 15.0. The lowest BCUT2D eigenvalue weighted by molar-refractivity contribution is -0.127. The number of carbonyl (C=O) groups excluding carboxylic acids is 1. The fourth-order valence-corrected chi connectivity index (χ4v) is 3.77. The van der Waals surface area contributed by atoms with Gasteiger partial charge in [0.1, 0.15) is 0 Å². The molecule has 3 rings (SSSR count). The van der Waals surface area contributed by atoms with Crippen LogP contribution in [0.4, 0.5) is 5.95 Å². The van der Waals surface area contributed by atoms with Gasteiger partial charge in [-0.3, -0.25) is 9.36 Å². The molecule has 21 heavy (non-hydrogen) atoms. The molecule has 0 N–H and O–H groups in total. The Morgan fingerprint density at radius 3 is 2.52 bits per heavy atom. The van der Waals surface area contributed by atoms with E-state index in [1.165, 1.54) is 37.4 Å². The Kier molecular flexibility index (Phi) is 4.10. The van der Waals surface area contributed by atoms with Crippen LogP contribution in [0, 0.1) is 0 Å². The number of amides is 1. The first kappa shape index (κ1) is 14.7. The van der Waals surface area contributed by atoms with E-state index in [1.54, 1.807) is 19.0 Å². The fourth-order valence-electron chi connectivity index (χ4n) is 2.71. The van der Waals surface area contributed by atoms with Crippen molar-refractivity contribution in [1.29, 1.82) is 0 Å². The van der Waals surface area contributed by atoms with Crippen LogP contribution in [0.15, 0.2) is 5.16 Å². The van der Waals surface area contributed by atoms with Gasteiger partial charge in [-0.2, -0.15) is 0 Å². The highest BCUT2D eigenvalue weighted by Crippen LogP contribution is 2.42. The maximum atomic E-state index is 12.0. The molecule has 2 fully saturated rings. The van der Waals surface area contributed by atoms with Crippen LogP contribution in [0.2, 0.25) is 0 Å². The Labute approximate surface area is 129 Å². The average molecular weight is 309 g/mol. The molecule has 1 atom stereocenters. The molecule has 1 saturated carbocycles. The molecule has 1 unspecified atom stereocenters. The van der Waals surface area contributed by atoms with E-state index in [1.807, 2.05) is 6.92 Å². The van der Waals surface area contributed by atoms with Crippen molar-refractivity contribution in [1.82, 2.24) is 19.7 Å². The van der Waals surface area contributed by atoms with Gasteiger partial charge in [0.2, 0.25) is 11.9 Å². The third kappa shape index (κ3) is 3.02. The molecule has 1 aromatic rings. The number of rotatable bonds is 5. The Hall–Kier alpha value is -1.24. The van der Waals surface area contributed by atoms with Gasteiger partial charge in [-0.1, -0.05) is 11.8 Å². The number of thioether (sulfide) groups is 1. The molecule has 2 aliphatic rings. The Morgan fingerprint density at radius 1 is 1.29 bits per heavy atom. The molecule has 7 heteroatoms. The van der Waals surface area contributed by atoms with E-state index in [0.29, 0.717) is 6.04 Å². The summed E-state index contributed by atoms with van der Waals surface area (Å²) in [6, 6.07) is 0.528. The molecule has 0 radical (unpaired) electrons. The highest BCUT2D eigenvalue weighted by molar-refractivity contribution is 8.00. The van der Waals surface area contributed by atoms with Crippen LogP contribution in [0.25, 0.3) is 0 Å². The monoisotopic (exact) mass is 309 g/mol. The topological polar surface area (TPSA) is 54.3 Å². The van der Waals surface area contributed by atoms with Crippen LogP contribution in [0.5, 0.6) is 0 Å². The lowest BCUT2D eigenvalue weighted by Gasteiger charge is -2.19. The number of aromatic nitrogens is 3. The van der Waals surface area contributed by atoms with Crippen molar-refractivity contribution < 1.29 is 4.79 Å². The highest BCUT2D eigenvalue weighted by Gasteiger charge is 2.33. The summed E-state index contributed by atoms with van der Waals surface area (Å²) in [6.45, 7) is 4.08. The predicted molar refractivity (Wildman–Crippen MR) is 83.8 cm³/mol. The maximum absolute atomic E-state index is 12.0. The zero-order valence-corrected chi connectivity index (χ0v) is 13.8. The standard InChI is InChI=1S/C14H23N5OS/c1-10(12(20)17(2)3)21-14-16-15-13(18-8-4-5-9-18)19(14)11-6-7-11/h10-11H,4-9H2,1-3H3. The molecule has 1 aliphatic carbocycles. The molecule has 1 amide bonds. The summed E-state index contributed by atoms with van der Waals surface area (Å²) in [5, 5.41) is 9.54. The zero-order valence-electron chi connectivity index (χ0n) is 12.9. The van der Waals surface area contributed by atoms with Gasteiger partial charge in [-0.15, -0.1) is 10.2 Å². The van der Waals surface area contributed by atoms with Gasteiger partial charge in [-0.25, -0.2) is 0 Å². The summed E-state index contributed by atoms with van der Waals surface area (Å²) in [5.41, 5.74) is 0. The van der Waals surface area contributed by atoms with Crippen LogP contribution in [0.3, 0.4) is 0 Å². The third-order valence-corrected chi connectivity index (χ3v) is 5.06. The summed E-state index contributed by atoms with van der Waals surface area (Å²) < 4.78 is 2.26. The van der Waals surface area contributed by atoms with E-state index >= 15 is 0 Å². The minimum Gasteiger partial charge on any atom is -0.348 e. The summed E-state index contributed by atoms with van der Waals surface area (Å²) in [6.07, 6.45) is 4.86. The van der Waals surface area contributed by atoms with Gasteiger partial charge in [0.25, 0.3) is 0 Å². The van der Waals surface area contributed by atoms with Gasteiger partial charge in [0.05, 0.1) is 5.25 Å². The summed E-state index contributed by atoms with van der Waals surface area (Å²) in [4.78, 5) is 16.0. The first-order valence-electron chi connectivity index (χ1n) is 7.65. The lowest BCUT2D eigenvalue weighted by Crippen LogP contribution is -2.30. The SMILES string of the molecule is CC(Sc1nnc(N2CCCC2)n1C1CC1)C(=O)N(C)C. The van der Waals surface area contributed by atoms with Crippen LogP contribution < -0.4 is 4.90 Å². The number of nitrogens with zero attached hydrogens (tertiary/aromatic N) is 5.